The van der Waals surface area contributed by atoms with Gasteiger partial charge < -0.3 is 10.4 Å². The smallest absolute Gasteiger partial charge is 0.131 e. The molecule has 1 aliphatic heterocycles. The first-order valence-electron chi connectivity index (χ1n) is 4.06. The molecular weight excluding hydrogens is 170 g/mol. The molecule has 3 heteroatoms. The second-order valence-corrected chi connectivity index (χ2v) is 3.89. The van der Waals surface area contributed by atoms with E-state index >= 15 is 0 Å². The van der Waals surface area contributed by atoms with Crippen LogP contribution in [0.2, 0.25) is 0 Å². The number of fused-ring (bicyclic) bond motifs is 1. The highest BCUT2D eigenvalue weighted by Gasteiger charge is 2.10. The van der Waals surface area contributed by atoms with Gasteiger partial charge in [-0.2, -0.15) is 0 Å². The van der Waals surface area contributed by atoms with Crippen LogP contribution < -0.4 is 5.32 Å². The first kappa shape index (κ1) is 7.80. The van der Waals surface area contributed by atoms with Crippen molar-refractivity contribution in [2.24, 2.45) is 0 Å². The average Bonchev–Trinajstić information content (AvgIpc) is 2.30. The molecule has 2 nitrogen and oxygen atoms in total. The highest BCUT2D eigenvalue weighted by molar-refractivity contribution is 7.99. The number of benzene rings is 1. The van der Waals surface area contributed by atoms with Gasteiger partial charge in [0.2, 0.25) is 0 Å². The summed E-state index contributed by atoms with van der Waals surface area (Å²) in [7, 11) is 0. The molecule has 1 aromatic carbocycles. The molecule has 0 spiro atoms. The van der Waals surface area contributed by atoms with Crippen molar-refractivity contribution in [3.05, 3.63) is 18.2 Å². The van der Waals surface area contributed by atoms with Crippen LogP contribution in [0.25, 0.3) is 0 Å². The van der Waals surface area contributed by atoms with E-state index in [0.29, 0.717) is 5.75 Å². The highest BCUT2D eigenvalue weighted by atomic mass is 32.2. The summed E-state index contributed by atoms with van der Waals surface area (Å²) in [5.74, 6) is 1.48. The van der Waals surface area contributed by atoms with Crippen LogP contribution in [0.15, 0.2) is 23.1 Å². The summed E-state index contributed by atoms with van der Waals surface area (Å²) >= 11 is 1.72. The van der Waals surface area contributed by atoms with Gasteiger partial charge in [-0.3, -0.25) is 0 Å². The Hall–Kier alpha value is -0.830. The van der Waals surface area contributed by atoms with Gasteiger partial charge in [0.25, 0.3) is 0 Å². The molecule has 0 saturated heterocycles. The number of thioether (sulfide) groups is 1. The molecule has 1 aromatic rings. The van der Waals surface area contributed by atoms with Crippen LogP contribution in [0, 0.1) is 0 Å². The minimum absolute atomic E-state index is 0.395. The summed E-state index contributed by atoms with van der Waals surface area (Å²) in [5.41, 5.74) is 1.07. The maximum Gasteiger partial charge on any atom is 0.131 e. The molecule has 0 unspecified atom stereocenters. The Morgan fingerprint density at radius 3 is 3.25 bits per heavy atom. The maximum atomic E-state index is 9.52. The SMILES string of the molecule is Oc1cccc2c1SCCCN2. The Labute approximate surface area is 76.0 Å². The van der Waals surface area contributed by atoms with E-state index in [-0.39, 0.29) is 0 Å². The molecule has 1 aliphatic rings. The first-order valence-corrected chi connectivity index (χ1v) is 5.05. The summed E-state index contributed by atoms with van der Waals surface area (Å²) in [5, 5.41) is 12.8. The molecular formula is C9H11NOS. The normalized spacial score (nSPS) is 16.0. The van der Waals surface area contributed by atoms with Gasteiger partial charge in [0.15, 0.2) is 0 Å². The van der Waals surface area contributed by atoms with Crippen LogP contribution in [0.5, 0.6) is 5.75 Å². The molecule has 12 heavy (non-hydrogen) atoms. The molecule has 2 rings (SSSR count). The number of aromatic hydroxyl groups is 1. The molecule has 0 bridgehead atoms. The highest BCUT2D eigenvalue weighted by Crippen LogP contribution is 2.37. The number of hydrogen-bond acceptors (Lipinski definition) is 3. The van der Waals surface area contributed by atoms with Gasteiger partial charge in [-0.1, -0.05) is 6.07 Å². The zero-order valence-electron chi connectivity index (χ0n) is 6.71. The van der Waals surface area contributed by atoms with E-state index in [1.807, 2.05) is 12.1 Å². The van der Waals surface area contributed by atoms with Crippen molar-refractivity contribution in [3.63, 3.8) is 0 Å². The monoisotopic (exact) mass is 181 g/mol. The molecule has 64 valence electrons. The lowest BCUT2D eigenvalue weighted by molar-refractivity contribution is 0.463. The van der Waals surface area contributed by atoms with Crippen LogP contribution in [-0.4, -0.2) is 17.4 Å². The van der Waals surface area contributed by atoms with Gasteiger partial charge in [0, 0.05) is 6.54 Å². The number of phenolic OH excluding ortho intramolecular Hbond substituents is 1. The molecule has 1 heterocycles. The summed E-state index contributed by atoms with van der Waals surface area (Å²) in [4.78, 5) is 0.995. The molecule has 0 aliphatic carbocycles. The van der Waals surface area contributed by atoms with Crippen LogP contribution in [0.1, 0.15) is 6.42 Å². The fourth-order valence-corrected chi connectivity index (χ4v) is 2.29. The number of nitrogens with one attached hydrogen (secondary N) is 1. The maximum absolute atomic E-state index is 9.52. The van der Waals surface area contributed by atoms with Crippen LogP contribution in [-0.2, 0) is 0 Å². The van der Waals surface area contributed by atoms with Gasteiger partial charge in [-0.15, -0.1) is 11.8 Å². The third-order valence-electron chi connectivity index (χ3n) is 1.88. The standard InChI is InChI=1S/C9H11NOS/c11-8-4-1-3-7-9(8)12-6-2-5-10-7/h1,3-4,10-11H,2,5-6H2. The van der Waals surface area contributed by atoms with E-state index in [1.165, 1.54) is 0 Å². The lowest BCUT2D eigenvalue weighted by Gasteiger charge is -2.07. The van der Waals surface area contributed by atoms with Crippen LogP contribution >= 0.6 is 11.8 Å². The zero-order chi connectivity index (χ0) is 8.39. The van der Waals surface area contributed by atoms with Gasteiger partial charge in [-0.25, -0.2) is 0 Å². The van der Waals surface area contributed by atoms with Gasteiger partial charge >= 0.3 is 0 Å². The van der Waals surface area contributed by atoms with E-state index < -0.39 is 0 Å². The molecule has 0 aromatic heterocycles. The molecule has 2 N–H and O–H groups in total. The van der Waals surface area contributed by atoms with E-state index in [0.717, 1.165) is 29.3 Å². The van der Waals surface area contributed by atoms with Crippen molar-refractivity contribution < 1.29 is 5.11 Å². The van der Waals surface area contributed by atoms with Gasteiger partial charge in [-0.05, 0) is 24.3 Å². The van der Waals surface area contributed by atoms with Crippen molar-refractivity contribution in [2.75, 3.05) is 17.6 Å². The van der Waals surface area contributed by atoms with Crippen LogP contribution in [0.4, 0.5) is 5.69 Å². The Morgan fingerprint density at radius 2 is 2.33 bits per heavy atom. The number of hydrogen-bond donors (Lipinski definition) is 2. The van der Waals surface area contributed by atoms with E-state index in [9.17, 15) is 5.11 Å². The van der Waals surface area contributed by atoms with Crippen molar-refractivity contribution in [1.82, 2.24) is 0 Å². The van der Waals surface area contributed by atoms with Gasteiger partial charge in [0.05, 0.1) is 10.6 Å². The van der Waals surface area contributed by atoms with E-state index in [2.05, 4.69) is 5.32 Å². The second kappa shape index (κ2) is 3.27. The molecule has 0 radical (unpaired) electrons. The lowest BCUT2D eigenvalue weighted by Crippen LogP contribution is -1.99. The summed E-state index contributed by atoms with van der Waals surface area (Å²) in [6.45, 7) is 1.00. The predicted molar refractivity (Wildman–Crippen MR) is 51.9 cm³/mol. The van der Waals surface area contributed by atoms with Crippen molar-refractivity contribution in [3.8, 4) is 5.75 Å². The second-order valence-electron chi connectivity index (χ2n) is 2.78. The summed E-state index contributed by atoms with van der Waals surface area (Å²) in [6.07, 6.45) is 1.15. The minimum Gasteiger partial charge on any atom is -0.507 e. The van der Waals surface area contributed by atoms with E-state index in [1.54, 1.807) is 17.8 Å². The van der Waals surface area contributed by atoms with Crippen molar-refractivity contribution in [2.45, 2.75) is 11.3 Å². The minimum atomic E-state index is 0.395. The fourth-order valence-electron chi connectivity index (χ4n) is 1.29. The number of phenols is 1. The molecule has 0 fully saturated rings. The average molecular weight is 181 g/mol. The third-order valence-corrected chi connectivity index (χ3v) is 3.09. The summed E-state index contributed by atoms with van der Waals surface area (Å²) < 4.78 is 0. The zero-order valence-corrected chi connectivity index (χ0v) is 7.53. The predicted octanol–water partition coefficient (Wildman–Crippen LogP) is 2.30. The Morgan fingerprint density at radius 1 is 1.42 bits per heavy atom. The topological polar surface area (TPSA) is 32.3 Å². The fraction of sp³-hybridized carbons (Fsp3) is 0.333. The van der Waals surface area contributed by atoms with Gasteiger partial charge in [0.1, 0.15) is 5.75 Å². The van der Waals surface area contributed by atoms with Crippen molar-refractivity contribution in [1.29, 1.82) is 0 Å². The molecule has 0 atom stereocenters. The van der Waals surface area contributed by atoms with Crippen molar-refractivity contribution >= 4 is 17.4 Å². The summed E-state index contributed by atoms with van der Waals surface area (Å²) in [6, 6.07) is 5.61. The quantitative estimate of drug-likeness (QED) is 0.644. The van der Waals surface area contributed by atoms with Crippen LogP contribution in [0.3, 0.4) is 0 Å². The Bertz CT molecular complexity index is 288. The first-order chi connectivity index (χ1) is 5.88. The number of anilines is 1. The Balaban J connectivity index is 2.42. The number of rotatable bonds is 0. The molecule has 0 amide bonds. The Kier molecular flexibility index (Phi) is 2.13. The lowest BCUT2D eigenvalue weighted by atomic mass is 10.3. The third kappa shape index (κ3) is 1.37. The largest absolute Gasteiger partial charge is 0.507 e. The van der Waals surface area contributed by atoms with E-state index in [4.69, 9.17) is 0 Å². The molecule has 0 saturated carbocycles.